The number of rotatable bonds is 10. The maximum absolute atomic E-state index is 6.06. The van der Waals surface area contributed by atoms with Gasteiger partial charge in [0.25, 0.3) is 0 Å². The molecule has 0 spiro atoms. The highest BCUT2D eigenvalue weighted by molar-refractivity contribution is 6.31. The van der Waals surface area contributed by atoms with E-state index in [0.717, 1.165) is 34.7 Å². The van der Waals surface area contributed by atoms with Crippen molar-refractivity contribution in [1.29, 1.82) is 0 Å². The maximum atomic E-state index is 6.06. The van der Waals surface area contributed by atoms with Crippen LogP contribution in [-0.4, -0.2) is 50.9 Å². The summed E-state index contributed by atoms with van der Waals surface area (Å²) in [5, 5.41) is 4.74. The quantitative estimate of drug-likeness (QED) is 0.289. The molecular formula is C23H30ClN3O3. The van der Waals surface area contributed by atoms with Gasteiger partial charge in [0, 0.05) is 18.6 Å². The zero-order chi connectivity index (χ0) is 22.1. The number of benzene rings is 2. The SMILES string of the molecule is CCN(C)C=Nc1cc(C)c(OC/C(COc2ccc(Cl)c(C)c2)=N/OC)cc1C. The lowest BCUT2D eigenvalue weighted by Gasteiger charge is -2.14. The first-order chi connectivity index (χ1) is 14.3. The number of hydrogen-bond donors (Lipinski definition) is 0. The van der Waals surface area contributed by atoms with Gasteiger partial charge < -0.3 is 19.2 Å². The molecule has 0 amide bonds. The number of nitrogens with zero attached hydrogens (tertiary/aromatic N) is 3. The van der Waals surface area contributed by atoms with Gasteiger partial charge in [-0.25, -0.2) is 4.99 Å². The molecule has 0 aromatic heterocycles. The van der Waals surface area contributed by atoms with Crippen molar-refractivity contribution in [2.45, 2.75) is 27.7 Å². The summed E-state index contributed by atoms with van der Waals surface area (Å²) in [7, 11) is 3.50. The number of aryl methyl sites for hydroxylation is 3. The second kappa shape index (κ2) is 11.5. The number of aliphatic imine (C=N–C) groups is 1. The molecule has 0 unspecified atom stereocenters. The molecule has 0 heterocycles. The first kappa shape index (κ1) is 23.5. The fraction of sp³-hybridized carbons (Fsp3) is 0.391. The topological polar surface area (TPSA) is 55.7 Å². The van der Waals surface area contributed by atoms with Crippen molar-refractivity contribution in [2.24, 2.45) is 10.1 Å². The van der Waals surface area contributed by atoms with Crippen molar-refractivity contribution >= 4 is 29.3 Å². The van der Waals surface area contributed by atoms with Crippen molar-refractivity contribution in [1.82, 2.24) is 4.90 Å². The first-order valence-electron chi connectivity index (χ1n) is 9.80. The van der Waals surface area contributed by atoms with Crippen LogP contribution in [0.4, 0.5) is 5.69 Å². The molecule has 0 aliphatic rings. The normalized spacial score (nSPS) is 11.6. The second-order valence-corrected chi connectivity index (χ2v) is 7.46. The lowest BCUT2D eigenvalue weighted by atomic mass is 10.1. The summed E-state index contributed by atoms with van der Waals surface area (Å²) in [5.74, 6) is 1.49. The molecule has 0 bridgehead atoms. The molecule has 0 aliphatic carbocycles. The van der Waals surface area contributed by atoms with Crippen LogP contribution in [-0.2, 0) is 4.84 Å². The van der Waals surface area contributed by atoms with Crippen LogP contribution in [0.25, 0.3) is 0 Å². The van der Waals surface area contributed by atoms with Gasteiger partial charge in [0.1, 0.15) is 37.5 Å². The van der Waals surface area contributed by atoms with E-state index in [1.807, 2.05) is 69.4 Å². The van der Waals surface area contributed by atoms with Crippen LogP contribution in [0.2, 0.25) is 5.02 Å². The summed E-state index contributed by atoms with van der Waals surface area (Å²) >= 11 is 6.06. The van der Waals surface area contributed by atoms with E-state index in [1.165, 1.54) is 7.11 Å². The van der Waals surface area contributed by atoms with E-state index in [4.69, 9.17) is 25.9 Å². The fourth-order valence-electron chi connectivity index (χ4n) is 2.57. The van der Waals surface area contributed by atoms with Gasteiger partial charge >= 0.3 is 0 Å². The summed E-state index contributed by atoms with van der Waals surface area (Å²) in [6, 6.07) is 9.52. The van der Waals surface area contributed by atoms with E-state index in [0.29, 0.717) is 16.5 Å². The minimum Gasteiger partial charge on any atom is -0.487 e. The first-order valence-corrected chi connectivity index (χ1v) is 10.2. The Kier molecular flexibility index (Phi) is 8.99. The molecular weight excluding hydrogens is 402 g/mol. The van der Waals surface area contributed by atoms with E-state index < -0.39 is 0 Å². The smallest absolute Gasteiger partial charge is 0.133 e. The molecule has 0 N–H and O–H groups in total. The Morgan fingerprint density at radius 3 is 2.43 bits per heavy atom. The molecule has 0 aliphatic heterocycles. The molecule has 0 radical (unpaired) electrons. The average Bonchev–Trinajstić information content (AvgIpc) is 2.73. The van der Waals surface area contributed by atoms with Crippen molar-refractivity contribution in [2.75, 3.05) is 33.9 Å². The van der Waals surface area contributed by atoms with E-state index in [-0.39, 0.29) is 13.2 Å². The third kappa shape index (κ3) is 6.95. The molecule has 0 fully saturated rings. The molecule has 162 valence electrons. The van der Waals surface area contributed by atoms with Gasteiger partial charge in [-0.05, 0) is 74.7 Å². The van der Waals surface area contributed by atoms with E-state index in [9.17, 15) is 0 Å². The van der Waals surface area contributed by atoms with E-state index >= 15 is 0 Å². The zero-order valence-electron chi connectivity index (χ0n) is 18.5. The third-order valence-electron chi connectivity index (χ3n) is 4.54. The van der Waals surface area contributed by atoms with Crippen molar-refractivity contribution in [3.05, 3.63) is 52.0 Å². The summed E-state index contributed by atoms with van der Waals surface area (Å²) in [6.07, 6.45) is 1.83. The zero-order valence-corrected chi connectivity index (χ0v) is 19.3. The molecule has 2 aromatic rings. The number of halogens is 1. The maximum Gasteiger partial charge on any atom is 0.133 e. The van der Waals surface area contributed by atoms with E-state index in [2.05, 4.69) is 17.1 Å². The van der Waals surface area contributed by atoms with Gasteiger partial charge in [0.05, 0.1) is 12.0 Å². The summed E-state index contributed by atoms with van der Waals surface area (Å²) < 4.78 is 11.8. The van der Waals surface area contributed by atoms with Gasteiger partial charge in [0.15, 0.2) is 0 Å². The van der Waals surface area contributed by atoms with Crippen LogP contribution >= 0.6 is 11.6 Å². The van der Waals surface area contributed by atoms with Gasteiger partial charge in [0.2, 0.25) is 0 Å². The minimum absolute atomic E-state index is 0.249. The van der Waals surface area contributed by atoms with Crippen LogP contribution < -0.4 is 9.47 Å². The Hall–Kier alpha value is -2.73. The van der Waals surface area contributed by atoms with Gasteiger partial charge in [-0.1, -0.05) is 16.8 Å². The highest BCUT2D eigenvalue weighted by Crippen LogP contribution is 2.28. The van der Waals surface area contributed by atoms with E-state index in [1.54, 1.807) is 0 Å². The second-order valence-electron chi connectivity index (χ2n) is 7.05. The molecule has 0 atom stereocenters. The van der Waals surface area contributed by atoms with Crippen LogP contribution in [0.1, 0.15) is 23.6 Å². The van der Waals surface area contributed by atoms with Gasteiger partial charge in [-0.15, -0.1) is 0 Å². The van der Waals surface area contributed by atoms with Crippen molar-refractivity contribution in [3.63, 3.8) is 0 Å². The molecule has 0 saturated heterocycles. The highest BCUT2D eigenvalue weighted by Gasteiger charge is 2.09. The Morgan fingerprint density at radius 2 is 1.77 bits per heavy atom. The Bertz CT molecular complexity index is 913. The minimum atomic E-state index is 0.249. The number of oxime groups is 1. The summed E-state index contributed by atoms with van der Waals surface area (Å²) in [4.78, 5) is 11.5. The largest absolute Gasteiger partial charge is 0.487 e. The van der Waals surface area contributed by atoms with Gasteiger partial charge in [-0.2, -0.15) is 0 Å². The number of hydrogen-bond acceptors (Lipinski definition) is 5. The predicted molar refractivity (Wildman–Crippen MR) is 124 cm³/mol. The average molecular weight is 432 g/mol. The van der Waals surface area contributed by atoms with Gasteiger partial charge in [-0.3, -0.25) is 0 Å². The fourth-order valence-corrected chi connectivity index (χ4v) is 2.69. The molecule has 30 heavy (non-hydrogen) atoms. The highest BCUT2D eigenvalue weighted by atomic mass is 35.5. The standard InChI is InChI=1S/C23H30ClN3O3/c1-7-27(5)15-25-22-11-18(4)23(12-17(22)3)30-14-19(26-28-6)13-29-20-8-9-21(24)16(2)10-20/h8-12,15H,7,13-14H2,1-6H3/b25-15?,26-19+. The lowest BCUT2D eigenvalue weighted by molar-refractivity contribution is 0.205. The van der Waals surface area contributed by atoms with Crippen LogP contribution in [0.3, 0.4) is 0 Å². The van der Waals surface area contributed by atoms with Crippen molar-refractivity contribution in [3.8, 4) is 11.5 Å². The van der Waals surface area contributed by atoms with Crippen LogP contribution in [0.15, 0.2) is 40.5 Å². The third-order valence-corrected chi connectivity index (χ3v) is 4.96. The predicted octanol–water partition coefficient (Wildman–Crippen LogP) is 5.34. The summed E-state index contributed by atoms with van der Waals surface area (Å²) in [5.41, 5.74) is 4.54. The molecule has 2 aromatic carbocycles. The van der Waals surface area contributed by atoms with Crippen LogP contribution in [0.5, 0.6) is 11.5 Å². The molecule has 7 heteroatoms. The van der Waals surface area contributed by atoms with Crippen molar-refractivity contribution < 1.29 is 14.3 Å². The molecule has 2 rings (SSSR count). The Labute approximate surface area is 184 Å². The molecule has 0 saturated carbocycles. The lowest BCUT2D eigenvalue weighted by Crippen LogP contribution is -2.20. The van der Waals surface area contributed by atoms with Crippen LogP contribution in [0, 0.1) is 20.8 Å². The monoisotopic (exact) mass is 431 g/mol. The Morgan fingerprint density at radius 1 is 1.03 bits per heavy atom. The molecule has 6 nitrogen and oxygen atoms in total. The summed E-state index contributed by atoms with van der Waals surface area (Å²) in [6.45, 7) is 9.43. The number of ether oxygens (including phenoxy) is 2. The Balaban J connectivity index is 2.03.